The molecule has 1 N–H and O–H groups in total. The highest BCUT2D eigenvalue weighted by Crippen LogP contribution is 2.25. The van der Waals surface area contributed by atoms with Crippen molar-refractivity contribution in [2.24, 2.45) is 0 Å². The smallest absolute Gasteiger partial charge is 0.277 e. The molecule has 0 atom stereocenters. The van der Waals surface area contributed by atoms with Crippen LogP contribution in [-0.2, 0) is 13.3 Å². The van der Waals surface area contributed by atoms with E-state index in [0.717, 1.165) is 22.4 Å². The molecule has 0 saturated heterocycles. The molecular weight excluding hydrogens is 449 g/mol. The molecule has 9 heteroatoms. The van der Waals surface area contributed by atoms with Crippen LogP contribution >= 0.6 is 23.2 Å². The highest BCUT2D eigenvalue weighted by molar-refractivity contribution is 6.35. The second-order valence-electron chi connectivity index (χ2n) is 7.39. The summed E-state index contributed by atoms with van der Waals surface area (Å²) < 4.78 is 8.99. The monoisotopic (exact) mass is 469 g/mol. The van der Waals surface area contributed by atoms with Crippen LogP contribution in [-0.4, -0.2) is 25.5 Å². The Morgan fingerprint density at radius 3 is 2.38 bits per heavy atom. The molecule has 0 saturated carbocycles. The zero-order valence-corrected chi connectivity index (χ0v) is 19.1. The van der Waals surface area contributed by atoms with E-state index in [1.54, 1.807) is 52.1 Å². The first-order chi connectivity index (χ1) is 15.4. The lowest BCUT2D eigenvalue weighted by Crippen LogP contribution is -2.15. The third-order valence-corrected chi connectivity index (χ3v) is 5.40. The maximum Gasteiger partial charge on any atom is 0.277 e. The van der Waals surface area contributed by atoms with Crippen LogP contribution in [0, 0.1) is 13.8 Å². The number of amides is 1. The third kappa shape index (κ3) is 5.30. The Morgan fingerprint density at radius 1 is 0.969 bits per heavy atom. The molecule has 0 spiro atoms. The Hall–Kier alpha value is -3.29. The van der Waals surface area contributed by atoms with Crippen molar-refractivity contribution >= 4 is 34.9 Å². The molecule has 0 bridgehead atoms. The maximum atomic E-state index is 12.5. The average molecular weight is 470 g/mol. The van der Waals surface area contributed by atoms with E-state index >= 15 is 0 Å². The van der Waals surface area contributed by atoms with E-state index in [0.29, 0.717) is 22.4 Å². The fraction of sp³-hybridized carbons (Fsp3) is 0.174. The summed E-state index contributed by atoms with van der Waals surface area (Å²) in [4.78, 5) is 12.5. The van der Waals surface area contributed by atoms with Crippen molar-refractivity contribution in [3.63, 3.8) is 0 Å². The normalized spacial score (nSPS) is 10.9. The zero-order chi connectivity index (χ0) is 22.7. The van der Waals surface area contributed by atoms with Crippen molar-refractivity contribution in [3.05, 3.63) is 93.4 Å². The Balaban J connectivity index is 1.36. The molecule has 164 valence electrons. The van der Waals surface area contributed by atoms with Gasteiger partial charge in [-0.05, 0) is 55.3 Å². The molecule has 0 radical (unpaired) electrons. The van der Waals surface area contributed by atoms with Crippen LogP contribution in [0.1, 0.15) is 27.2 Å². The highest BCUT2D eigenvalue weighted by atomic mass is 35.5. The third-order valence-electron chi connectivity index (χ3n) is 4.70. The second kappa shape index (κ2) is 9.46. The van der Waals surface area contributed by atoms with Gasteiger partial charge in [0.05, 0.1) is 6.54 Å². The molecule has 32 heavy (non-hydrogen) atoms. The lowest BCUT2D eigenvalue weighted by molar-refractivity contribution is 0.101. The number of nitrogens with one attached hydrogen (secondary N) is 1. The maximum absolute atomic E-state index is 12.5. The first kappa shape index (κ1) is 21.9. The molecule has 2 aromatic heterocycles. The summed E-state index contributed by atoms with van der Waals surface area (Å²) in [5, 5.41) is 12.5. The van der Waals surface area contributed by atoms with Gasteiger partial charge in [-0.1, -0.05) is 35.3 Å². The van der Waals surface area contributed by atoms with Crippen molar-refractivity contribution in [2.75, 3.05) is 5.32 Å². The number of halogens is 2. The lowest BCUT2D eigenvalue weighted by atomic mass is 10.1. The van der Waals surface area contributed by atoms with E-state index in [9.17, 15) is 4.79 Å². The molecule has 2 aromatic carbocycles. The van der Waals surface area contributed by atoms with Crippen LogP contribution in [0.4, 0.5) is 5.82 Å². The van der Waals surface area contributed by atoms with Gasteiger partial charge in [-0.25, -0.2) is 4.68 Å². The number of carbonyl (C=O) groups is 1. The molecular formula is C23H21Cl2N5O2. The van der Waals surface area contributed by atoms with Crippen molar-refractivity contribution in [1.29, 1.82) is 0 Å². The number of nitrogens with zero attached hydrogens (tertiary/aromatic N) is 4. The topological polar surface area (TPSA) is 74.0 Å². The predicted octanol–water partition coefficient (Wildman–Crippen LogP) is 5.34. The van der Waals surface area contributed by atoms with E-state index in [1.807, 2.05) is 26.0 Å². The van der Waals surface area contributed by atoms with Gasteiger partial charge in [-0.3, -0.25) is 9.48 Å². The minimum atomic E-state index is -0.365. The van der Waals surface area contributed by atoms with Gasteiger partial charge in [0, 0.05) is 34.1 Å². The summed E-state index contributed by atoms with van der Waals surface area (Å²) in [6.07, 6.45) is 3.43. The summed E-state index contributed by atoms with van der Waals surface area (Å²) >= 11 is 12.4. The Labute approximate surface area is 195 Å². The molecule has 0 aliphatic rings. The first-order valence-corrected chi connectivity index (χ1v) is 10.7. The van der Waals surface area contributed by atoms with Crippen molar-refractivity contribution < 1.29 is 9.53 Å². The standard InChI is InChI=1S/C23H21Cl2N5O2/c1-15-10-16(2)12-17(11-15)32-14-30-8-6-21(27-30)23(31)26-22-7-9-29(28-22)13-18-19(24)4-3-5-20(18)25/h3-12H,13-14H2,1-2H3,(H,26,28,31). The fourth-order valence-electron chi connectivity index (χ4n) is 3.25. The van der Waals surface area contributed by atoms with E-state index in [1.165, 1.54) is 0 Å². The van der Waals surface area contributed by atoms with Gasteiger partial charge in [0.2, 0.25) is 0 Å². The number of hydrogen-bond acceptors (Lipinski definition) is 4. The van der Waals surface area contributed by atoms with Crippen molar-refractivity contribution in [1.82, 2.24) is 19.6 Å². The number of benzene rings is 2. The van der Waals surface area contributed by atoms with E-state index in [4.69, 9.17) is 27.9 Å². The van der Waals surface area contributed by atoms with Crippen molar-refractivity contribution in [2.45, 2.75) is 27.1 Å². The largest absolute Gasteiger partial charge is 0.471 e. The van der Waals surface area contributed by atoms with Crippen LogP contribution in [0.3, 0.4) is 0 Å². The van der Waals surface area contributed by atoms with E-state index < -0.39 is 0 Å². The molecule has 4 rings (SSSR count). The Bertz CT molecular complexity index is 1220. The van der Waals surface area contributed by atoms with Crippen LogP contribution in [0.15, 0.2) is 60.9 Å². The van der Waals surface area contributed by atoms with Gasteiger partial charge in [0.25, 0.3) is 5.91 Å². The Kier molecular flexibility index (Phi) is 6.48. The summed E-state index contributed by atoms with van der Waals surface area (Å²) in [5.74, 6) is 0.795. The van der Waals surface area contributed by atoms with Crippen LogP contribution in [0.5, 0.6) is 5.75 Å². The van der Waals surface area contributed by atoms with Gasteiger partial charge >= 0.3 is 0 Å². The number of aromatic nitrogens is 4. The number of anilines is 1. The molecule has 0 aliphatic carbocycles. The molecule has 2 heterocycles. The minimum Gasteiger partial charge on any atom is -0.471 e. The van der Waals surface area contributed by atoms with Crippen molar-refractivity contribution in [3.8, 4) is 5.75 Å². The first-order valence-electron chi connectivity index (χ1n) is 9.89. The molecule has 4 aromatic rings. The van der Waals surface area contributed by atoms with Gasteiger partial charge in [0.1, 0.15) is 5.75 Å². The molecule has 0 aliphatic heterocycles. The van der Waals surface area contributed by atoms with Gasteiger partial charge < -0.3 is 10.1 Å². The van der Waals surface area contributed by atoms with Gasteiger partial charge in [0.15, 0.2) is 18.2 Å². The summed E-state index contributed by atoms with van der Waals surface area (Å²) in [7, 11) is 0. The second-order valence-corrected chi connectivity index (χ2v) is 8.20. The number of hydrogen-bond donors (Lipinski definition) is 1. The molecule has 1 amide bonds. The van der Waals surface area contributed by atoms with Crippen LogP contribution in [0.25, 0.3) is 0 Å². The van der Waals surface area contributed by atoms with E-state index in [-0.39, 0.29) is 18.3 Å². The van der Waals surface area contributed by atoms with Crippen LogP contribution in [0.2, 0.25) is 10.0 Å². The lowest BCUT2D eigenvalue weighted by Gasteiger charge is -2.08. The summed E-state index contributed by atoms with van der Waals surface area (Å²) in [6.45, 7) is 4.61. The molecule has 0 fully saturated rings. The van der Waals surface area contributed by atoms with Crippen LogP contribution < -0.4 is 10.1 Å². The Morgan fingerprint density at radius 2 is 1.66 bits per heavy atom. The highest BCUT2D eigenvalue weighted by Gasteiger charge is 2.13. The summed E-state index contributed by atoms with van der Waals surface area (Å²) in [5.41, 5.74) is 3.27. The molecule has 7 nitrogen and oxygen atoms in total. The predicted molar refractivity (Wildman–Crippen MR) is 125 cm³/mol. The quantitative estimate of drug-likeness (QED) is 0.396. The van der Waals surface area contributed by atoms with Gasteiger partial charge in [-0.15, -0.1) is 0 Å². The molecule has 0 unspecified atom stereocenters. The van der Waals surface area contributed by atoms with Gasteiger partial charge in [-0.2, -0.15) is 10.2 Å². The number of carbonyl (C=O) groups excluding carboxylic acids is 1. The number of ether oxygens (including phenoxy) is 1. The number of rotatable bonds is 7. The SMILES string of the molecule is Cc1cc(C)cc(OCn2ccc(C(=O)Nc3ccn(Cc4c(Cl)cccc4Cl)n3)n2)c1. The number of aryl methyl sites for hydroxylation is 2. The summed E-state index contributed by atoms with van der Waals surface area (Å²) in [6, 6.07) is 14.6. The van der Waals surface area contributed by atoms with E-state index in [2.05, 4.69) is 21.6 Å². The minimum absolute atomic E-state index is 0.198. The zero-order valence-electron chi connectivity index (χ0n) is 17.5. The fourth-order valence-corrected chi connectivity index (χ4v) is 3.77. The average Bonchev–Trinajstić information content (AvgIpc) is 3.38.